The molecule has 1 atom stereocenters. The summed E-state index contributed by atoms with van der Waals surface area (Å²) < 4.78 is 0. The summed E-state index contributed by atoms with van der Waals surface area (Å²) in [5.41, 5.74) is 7.69. The number of thioether (sulfide) groups is 1. The maximum absolute atomic E-state index is 5.72. The van der Waals surface area contributed by atoms with Crippen molar-refractivity contribution in [3.8, 4) is 0 Å². The highest BCUT2D eigenvalue weighted by Crippen LogP contribution is 2.27. The van der Waals surface area contributed by atoms with Crippen molar-refractivity contribution in [2.45, 2.75) is 12.5 Å². The van der Waals surface area contributed by atoms with Crippen LogP contribution in [0.2, 0.25) is 0 Å². The first-order valence-corrected chi connectivity index (χ1v) is 6.81. The first-order chi connectivity index (χ1) is 7.70. The minimum atomic E-state index is 0.440. The van der Waals surface area contributed by atoms with Gasteiger partial charge >= 0.3 is 0 Å². The van der Waals surface area contributed by atoms with E-state index in [2.05, 4.69) is 16.9 Å². The Morgan fingerprint density at radius 1 is 1.69 bits per heavy atom. The Kier molecular flexibility index (Phi) is 3.66. The normalized spacial score (nSPS) is 19.7. The first-order valence-electron chi connectivity index (χ1n) is 5.24. The molecule has 0 aromatic carbocycles. The Labute approximate surface area is 105 Å². The molecule has 1 aliphatic rings. The van der Waals surface area contributed by atoms with Crippen molar-refractivity contribution in [3.05, 3.63) is 24.0 Å². The van der Waals surface area contributed by atoms with E-state index in [4.69, 9.17) is 18.0 Å². The molecular formula is C11H15N3S2. The molecular weight excluding hydrogens is 238 g/mol. The van der Waals surface area contributed by atoms with Gasteiger partial charge in [-0.25, -0.2) is 0 Å². The highest BCUT2D eigenvalue weighted by molar-refractivity contribution is 7.99. The molecule has 2 heterocycles. The van der Waals surface area contributed by atoms with Crippen LogP contribution in [0.25, 0.3) is 0 Å². The quantitative estimate of drug-likeness (QED) is 0.830. The molecule has 1 unspecified atom stereocenters. The van der Waals surface area contributed by atoms with Crippen molar-refractivity contribution >= 4 is 34.7 Å². The van der Waals surface area contributed by atoms with Crippen molar-refractivity contribution in [1.29, 1.82) is 0 Å². The van der Waals surface area contributed by atoms with Crippen molar-refractivity contribution in [2.75, 3.05) is 23.5 Å². The maximum atomic E-state index is 5.72. The summed E-state index contributed by atoms with van der Waals surface area (Å²) in [5.74, 6) is 2.40. The van der Waals surface area contributed by atoms with Crippen LogP contribution < -0.4 is 10.6 Å². The third-order valence-corrected chi connectivity index (χ3v) is 4.26. The van der Waals surface area contributed by atoms with Gasteiger partial charge in [0, 0.05) is 30.6 Å². The molecule has 0 aliphatic carbocycles. The molecule has 0 amide bonds. The number of hydrogen-bond donors (Lipinski definition) is 1. The van der Waals surface area contributed by atoms with Gasteiger partial charge in [0.1, 0.15) is 4.99 Å². The summed E-state index contributed by atoms with van der Waals surface area (Å²) in [6.45, 7) is 0. The van der Waals surface area contributed by atoms with Crippen LogP contribution >= 0.6 is 24.0 Å². The number of nitrogens with zero attached hydrogens (tertiary/aromatic N) is 2. The minimum Gasteiger partial charge on any atom is -0.389 e. The second-order valence-corrected chi connectivity index (χ2v) is 5.48. The first kappa shape index (κ1) is 11.7. The number of nitrogens with two attached hydrogens (primary N) is 1. The van der Waals surface area contributed by atoms with Crippen molar-refractivity contribution < 1.29 is 0 Å². The van der Waals surface area contributed by atoms with Gasteiger partial charge in [0.15, 0.2) is 0 Å². The molecule has 86 valence electrons. The number of thiocarbonyl (C=S) groups is 1. The molecule has 5 heteroatoms. The largest absolute Gasteiger partial charge is 0.389 e. The lowest BCUT2D eigenvalue weighted by atomic mass is 10.1. The van der Waals surface area contributed by atoms with Crippen molar-refractivity contribution in [3.63, 3.8) is 0 Å². The van der Waals surface area contributed by atoms with E-state index < -0.39 is 0 Å². The van der Waals surface area contributed by atoms with Crippen LogP contribution in [-0.4, -0.2) is 34.6 Å². The zero-order chi connectivity index (χ0) is 11.5. The highest BCUT2D eigenvalue weighted by Gasteiger charge is 2.22. The molecule has 0 spiro atoms. The molecule has 2 rings (SSSR count). The second-order valence-electron chi connectivity index (χ2n) is 3.89. The zero-order valence-electron chi connectivity index (χ0n) is 9.22. The lowest BCUT2D eigenvalue weighted by molar-refractivity contribution is 0.698. The van der Waals surface area contributed by atoms with E-state index in [9.17, 15) is 0 Å². The lowest BCUT2D eigenvalue weighted by Crippen LogP contribution is -2.33. The fraction of sp³-hybridized carbons (Fsp3) is 0.455. The predicted molar refractivity (Wildman–Crippen MR) is 74.3 cm³/mol. The Hall–Kier alpha value is -0.810. The van der Waals surface area contributed by atoms with Gasteiger partial charge in [-0.1, -0.05) is 12.2 Å². The van der Waals surface area contributed by atoms with E-state index in [-0.39, 0.29) is 0 Å². The van der Waals surface area contributed by atoms with Crippen LogP contribution in [0.4, 0.5) is 5.69 Å². The summed E-state index contributed by atoms with van der Waals surface area (Å²) in [7, 11) is 2.09. The molecule has 0 bridgehead atoms. The van der Waals surface area contributed by atoms with Gasteiger partial charge in [0.25, 0.3) is 0 Å². The second kappa shape index (κ2) is 5.01. The molecule has 1 fully saturated rings. The Balaban J connectivity index is 2.27. The van der Waals surface area contributed by atoms with Crippen LogP contribution in [0, 0.1) is 0 Å². The van der Waals surface area contributed by atoms with Gasteiger partial charge in [-0.15, -0.1) is 0 Å². The average Bonchev–Trinajstić information content (AvgIpc) is 2.81. The number of rotatable bonds is 3. The van der Waals surface area contributed by atoms with Crippen LogP contribution in [-0.2, 0) is 0 Å². The average molecular weight is 253 g/mol. The lowest BCUT2D eigenvalue weighted by Gasteiger charge is -2.27. The van der Waals surface area contributed by atoms with E-state index >= 15 is 0 Å². The monoisotopic (exact) mass is 253 g/mol. The van der Waals surface area contributed by atoms with Gasteiger partial charge in [-0.3, -0.25) is 4.98 Å². The summed E-state index contributed by atoms with van der Waals surface area (Å²) in [5, 5.41) is 0. The summed E-state index contributed by atoms with van der Waals surface area (Å²) in [6.07, 6.45) is 4.79. The minimum absolute atomic E-state index is 0.440. The summed E-state index contributed by atoms with van der Waals surface area (Å²) in [4.78, 5) is 6.85. The van der Waals surface area contributed by atoms with Crippen molar-refractivity contribution in [1.82, 2.24) is 4.98 Å². The maximum Gasteiger partial charge on any atom is 0.106 e. The number of hydrogen-bond acceptors (Lipinski definition) is 4. The topological polar surface area (TPSA) is 42.2 Å². The van der Waals surface area contributed by atoms with Crippen LogP contribution in [0.1, 0.15) is 12.0 Å². The Morgan fingerprint density at radius 3 is 3.12 bits per heavy atom. The molecule has 16 heavy (non-hydrogen) atoms. The van der Waals surface area contributed by atoms with E-state index in [1.165, 1.54) is 17.9 Å². The standard InChI is InChI=1S/C11H15N3S2/c1-14(8-3-5-16-7-8)10-6-13-4-2-9(10)11(12)15/h2,4,6,8H,3,5,7H2,1H3,(H2,12,15). The van der Waals surface area contributed by atoms with E-state index in [1.54, 1.807) is 6.20 Å². The molecule has 1 aromatic rings. The van der Waals surface area contributed by atoms with Gasteiger partial charge in [0.05, 0.1) is 11.9 Å². The SMILES string of the molecule is CN(c1cnccc1C(N)=S)C1CCSC1. The van der Waals surface area contributed by atoms with Crippen LogP contribution in [0.5, 0.6) is 0 Å². The van der Waals surface area contributed by atoms with Gasteiger partial charge < -0.3 is 10.6 Å². The fourth-order valence-corrected chi connectivity index (χ4v) is 3.34. The third kappa shape index (κ3) is 2.30. The molecule has 2 N–H and O–H groups in total. The van der Waals surface area contributed by atoms with Gasteiger partial charge in [-0.05, 0) is 18.2 Å². The zero-order valence-corrected chi connectivity index (χ0v) is 10.9. The summed E-state index contributed by atoms with van der Waals surface area (Å²) >= 11 is 7.05. The molecule has 3 nitrogen and oxygen atoms in total. The van der Waals surface area contributed by atoms with Crippen molar-refractivity contribution in [2.24, 2.45) is 5.73 Å². The Bertz CT molecular complexity index is 389. The van der Waals surface area contributed by atoms with Crippen LogP contribution in [0.3, 0.4) is 0 Å². The third-order valence-electron chi connectivity index (χ3n) is 2.90. The highest BCUT2D eigenvalue weighted by atomic mass is 32.2. The predicted octanol–water partition coefficient (Wildman–Crippen LogP) is 1.66. The number of anilines is 1. The van der Waals surface area contributed by atoms with E-state index in [1.807, 2.05) is 24.0 Å². The van der Waals surface area contributed by atoms with E-state index in [0.29, 0.717) is 11.0 Å². The smallest absolute Gasteiger partial charge is 0.106 e. The van der Waals surface area contributed by atoms with Gasteiger partial charge in [0.2, 0.25) is 0 Å². The molecule has 0 saturated carbocycles. The molecule has 0 radical (unpaired) electrons. The fourth-order valence-electron chi connectivity index (χ4n) is 1.90. The molecule has 1 aliphatic heterocycles. The Morgan fingerprint density at radius 2 is 2.50 bits per heavy atom. The number of pyridine rings is 1. The number of aromatic nitrogens is 1. The summed E-state index contributed by atoms with van der Waals surface area (Å²) in [6, 6.07) is 2.46. The molecule has 1 aromatic heterocycles. The van der Waals surface area contributed by atoms with Gasteiger partial charge in [-0.2, -0.15) is 11.8 Å². The van der Waals surface area contributed by atoms with E-state index in [0.717, 1.165) is 11.3 Å². The van der Waals surface area contributed by atoms with Crippen LogP contribution in [0.15, 0.2) is 18.5 Å². The molecule has 1 saturated heterocycles.